The topological polar surface area (TPSA) is 30.5 Å². The maximum atomic E-state index is 6.32. The summed E-state index contributed by atoms with van der Waals surface area (Å²) in [5.74, 6) is 0.935. The summed E-state index contributed by atoms with van der Waals surface area (Å²) in [7, 11) is 3.05. The molecule has 0 aliphatic carbocycles. The molecule has 0 spiro atoms. The number of benzene rings is 1. The number of hydrogen-bond donors (Lipinski definition) is 1. The maximum Gasteiger partial charge on any atom is 0.143 e. The van der Waals surface area contributed by atoms with Crippen molar-refractivity contribution in [1.29, 1.82) is 0 Å². The molecule has 0 fully saturated rings. The zero-order valence-corrected chi connectivity index (χ0v) is 19.9. The third kappa shape index (κ3) is 8.96. The number of ether oxygens (including phenoxy) is 2. The third-order valence-electron chi connectivity index (χ3n) is 3.00. The van der Waals surface area contributed by atoms with Gasteiger partial charge in [-0.15, -0.1) is 0 Å². The molecule has 0 aromatic heterocycles. The summed E-state index contributed by atoms with van der Waals surface area (Å²) in [4.78, 5) is 0. The Labute approximate surface area is 180 Å². The number of rotatable bonds is 7. The van der Waals surface area contributed by atoms with Gasteiger partial charge in [0.2, 0.25) is 0 Å². The van der Waals surface area contributed by atoms with Gasteiger partial charge in [-0.2, -0.15) is 0 Å². The molecule has 0 saturated heterocycles. The molecule has 1 N–H and O–H groups in total. The molecule has 0 bridgehead atoms. The van der Waals surface area contributed by atoms with E-state index in [1.165, 1.54) is 14.2 Å². The van der Waals surface area contributed by atoms with Gasteiger partial charge < -0.3 is 14.8 Å². The standard InChI is InChI=1S/C17H20Cl3NO2.2C2H6/c1-6-11(12(18)7-10(2)3)9-21-17-15(19)13(22-4)8-14(23-5)16(17)20;2*1-2/h6-8,21H,1,9H2,2-5H3;2*1-2H3/b12-11-;;. The average molecular weight is 437 g/mol. The summed E-state index contributed by atoms with van der Waals surface area (Å²) in [6, 6.07) is 1.64. The van der Waals surface area contributed by atoms with Crippen molar-refractivity contribution >= 4 is 40.5 Å². The van der Waals surface area contributed by atoms with E-state index in [2.05, 4.69) is 11.9 Å². The minimum Gasteiger partial charge on any atom is -0.495 e. The van der Waals surface area contributed by atoms with Gasteiger partial charge in [0.1, 0.15) is 21.5 Å². The monoisotopic (exact) mass is 435 g/mol. The predicted octanol–water partition coefficient (Wildman–Crippen LogP) is 8.12. The molecule has 0 aliphatic heterocycles. The van der Waals surface area contributed by atoms with Crippen LogP contribution < -0.4 is 14.8 Å². The zero-order chi connectivity index (χ0) is 21.6. The van der Waals surface area contributed by atoms with E-state index < -0.39 is 0 Å². The largest absolute Gasteiger partial charge is 0.495 e. The van der Waals surface area contributed by atoms with Crippen molar-refractivity contribution in [1.82, 2.24) is 0 Å². The molecule has 0 saturated carbocycles. The molecular weight excluding hydrogens is 405 g/mol. The van der Waals surface area contributed by atoms with Crippen LogP contribution in [0.1, 0.15) is 41.5 Å². The molecule has 27 heavy (non-hydrogen) atoms. The highest BCUT2D eigenvalue weighted by Gasteiger charge is 2.17. The Balaban J connectivity index is 0. The molecule has 6 heteroatoms. The number of halogens is 3. The molecular formula is C21H32Cl3NO2. The Morgan fingerprint density at radius 1 is 1.04 bits per heavy atom. The summed E-state index contributed by atoms with van der Waals surface area (Å²) >= 11 is 18.9. The molecule has 1 aromatic rings. The summed E-state index contributed by atoms with van der Waals surface area (Å²) in [5, 5.41) is 4.53. The fraction of sp³-hybridized carbons (Fsp3) is 0.429. The van der Waals surface area contributed by atoms with Crippen molar-refractivity contribution in [3.8, 4) is 11.5 Å². The van der Waals surface area contributed by atoms with Gasteiger partial charge in [-0.1, -0.05) is 80.7 Å². The average Bonchev–Trinajstić information content (AvgIpc) is 2.67. The van der Waals surface area contributed by atoms with Gasteiger partial charge in [0, 0.05) is 17.6 Å². The van der Waals surface area contributed by atoms with E-state index >= 15 is 0 Å². The Bertz CT molecular complexity index is 621. The van der Waals surface area contributed by atoms with Crippen LogP contribution in [0.2, 0.25) is 10.0 Å². The first-order valence-corrected chi connectivity index (χ1v) is 9.98. The van der Waals surface area contributed by atoms with E-state index in [1.807, 2.05) is 47.6 Å². The Morgan fingerprint density at radius 3 is 1.81 bits per heavy atom. The number of hydrogen-bond acceptors (Lipinski definition) is 3. The Hall–Kier alpha value is -1.29. The van der Waals surface area contributed by atoms with Gasteiger partial charge in [0.05, 0.1) is 19.9 Å². The van der Waals surface area contributed by atoms with Crippen molar-refractivity contribution in [3.63, 3.8) is 0 Å². The number of methoxy groups -OCH3 is 2. The van der Waals surface area contributed by atoms with Crippen LogP contribution in [0.25, 0.3) is 0 Å². The first-order chi connectivity index (χ1) is 12.8. The predicted molar refractivity (Wildman–Crippen MR) is 123 cm³/mol. The highest BCUT2D eigenvalue weighted by molar-refractivity contribution is 6.41. The molecule has 0 radical (unpaired) electrons. The Morgan fingerprint density at radius 2 is 1.48 bits per heavy atom. The van der Waals surface area contributed by atoms with Crippen molar-refractivity contribution in [2.24, 2.45) is 0 Å². The summed E-state index contributed by atoms with van der Waals surface area (Å²) in [5.41, 5.74) is 2.43. The van der Waals surface area contributed by atoms with Crippen LogP contribution in [0, 0.1) is 0 Å². The first-order valence-electron chi connectivity index (χ1n) is 8.85. The van der Waals surface area contributed by atoms with Crippen LogP contribution in [0.15, 0.2) is 41.0 Å². The van der Waals surface area contributed by atoms with Crippen LogP contribution >= 0.6 is 34.8 Å². The van der Waals surface area contributed by atoms with E-state index in [1.54, 1.807) is 12.1 Å². The fourth-order valence-electron chi connectivity index (χ4n) is 1.82. The highest BCUT2D eigenvalue weighted by atomic mass is 35.5. The van der Waals surface area contributed by atoms with E-state index in [0.717, 1.165) is 11.1 Å². The number of allylic oxidation sites excluding steroid dienone is 3. The van der Waals surface area contributed by atoms with Gasteiger partial charge in [0.15, 0.2) is 0 Å². The van der Waals surface area contributed by atoms with Gasteiger partial charge in [-0.05, 0) is 25.5 Å². The van der Waals surface area contributed by atoms with E-state index in [0.29, 0.717) is 38.8 Å². The molecule has 0 amide bonds. The summed E-state index contributed by atoms with van der Waals surface area (Å²) in [6.45, 7) is 16.1. The lowest BCUT2D eigenvalue weighted by atomic mass is 10.2. The number of nitrogens with one attached hydrogen (secondary N) is 1. The van der Waals surface area contributed by atoms with Gasteiger partial charge >= 0.3 is 0 Å². The van der Waals surface area contributed by atoms with Crippen LogP contribution in [0.3, 0.4) is 0 Å². The molecule has 154 valence electrons. The molecule has 0 heterocycles. The molecule has 1 aromatic carbocycles. The smallest absolute Gasteiger partial charge is 0.143 e. The fourth-order valence-corrected chi connectivity index (χ4v) is 2.82. The molecule has 0 unspecified atom stereocenters. The minimum atomic E-state index is 0.375. The van der Waals surface area contributed by atoms with Crippen molar-refractivity contribution in [2.75, 3.05) is 26.1 Å². The first kappa shape index (κ1) is 27.9. The third-order valence-corrected chi connectivity index (χ3v) is 4.10. The van der Waals surface area contributed by atoms with Gasteiger partial charge in [-0.25, -0.2) is 0 Å². The molecule has 3 nitrogen and oxygen atoms in total. The van der Waals surface area contributed by atoms with Crippen molar-refractivity contribution < 1.29 is 9.47 Å². The molecule has 0 atom stereocenters. The second kappa shape index (κ2) is 15.7. The van der Waals surface area contributed by atoms with Crippen LogP contribution in [0.5, 0.6) is 11.5 Å². The summed E-state index contributed by atoms with van der Waals surface area (Å²) in [6.07, 6.45) is 3.56. The normalized spacial score (nSPS) is 10.2. The zero-order valence-electron chi connectivity index (χ0n) is 17.6. The second-order valence-electron chi connectivity index (χ2n) is 4.94. The second-order valence-corrected chi connectivity index (χ2v) is 6.10. The quantitative estimate of drug-likeness (QED) is 0.438. The van der Waals surface area contributed by atoms with E-state index in [9.17, 15) is 0 Å². The lowest BCUT2D eigenvalue weighted by Crippen LogP contribution is -2.06. The van der Waals surface area contributed by atoms with Crippen LogP contribution in [0.4, 0.5) is 5.69 Å². The Kier molecular flexibility index (Phi) is 16.3. The van der Waals surface area contributed by atoms with Crippen LogP contribution in [-0.4, -0.2) is 20.8 Å². The van der Waals surface area contributed by atoms with E-state index in [4.69, 9.17) is 44.3 Å². The SMILES string of the molecule is C=C/C(CNc1c(Cl)c(OC)cc(OC)c1Cl)=C(/Cl)C=C(C)C.CC.CC. The molecule has 1 rings (SSSR count). The minimum absolute atomic E-state index is 0.375. The van der Waals surface area contributed by atoms with E-state index in [-0.39, 0.29) is 0 Å². The maximum absolute atomic E-state index is 6.32. The van der Waals surface area contributed by atoms with Gasteiger partial charge in [-0.3, -0.25) is 0 Å². The number of anilines is 1. The van der Waals surface area contributed by atoms with Crippen molar-refractivity contribution in [3.05, 3.63) is 51.0 Å². The molecule has 0 aliphatic rings. The highest BCUT2D eigenvalue weighted by Crippen LogP contribution is 2.44. The lowest BCUT2D eigenvalue weighted by Gasteiger charge is -2.16. The summed E-state index contributed by atoms with van der Waals surface area (Å²) < 4.78 is 10.5. The lowest BCUT2D eigenvalue weighted by molar-refractivity contribution is 0.395. The van der Waals surface area contributed by atoms with Crippen LogP contribution in [-0.2, 0) is 0 Å². The van der Waals surface area contributed by atoms with Gasteiger partial charge in [0.25, 0.3) is 0 Å². The van der Waals surface area contributed by atoms with Crippen molar-refractivity contribution in [2.45, 2.75) is 41.5 Å².